The maximum Gasteiger partial charge on any atom is 0.233 e. The molecule has 0 fully saturated rings. The van der Waals surface area contributed by atoms with Gasteiger partial charge in [-0.2, -0.15) is 4.98 Å². The first-order chi connectivity index (χ1) is 7.98. The van der Waals surface area contributed by atoms with E-state index in [-0.39, 0.29) is 11.7 Å². The van der Waals surface area contributed by atoms with Gasteiger partial charge in [0, 0.05) is 13.0 Å². The SMILES string of the molecule is CC(C)(C(=O)NCCc1ncon1)C(N)=NO. The lowest BCUT2D eigenvalue weighted by molar-refractivity contribution is -0.126. The van der Waals surface area contributed by atoms with E-state index in [0.717, 1.165) is 0 Å². The fourth-order valence-corrected chi connectivity index (χ4v) is 1.05. The number of oxime groups is 1. The van der Waals surface area contributed by atoms with Crippen molar-refractivity contribution in [2.75, 3.05) is 6.54 Å². The predicted octanol–water partition coefficient (Wildman–Crippen LogP) is -0.499. The lowest BCUT2D eigenvalue weighted by Gasteiger charge is -2.21. The van der Waals surface area contributed by atoms with Crippen LogP contribution in [0.15, 0.2) is 16.1 Å². The largest absolute Gasteiger partial charge is 0.409 e. The third kappa shape index (κ3) is 3.16. The van der Waals surface area contributed by atoms with Crippen molar-refractivity contribution >= 4 is 11.7 Å². The number of amidine groups is 1. The van der Waals surface area contributed by atoms with Gasteiger partial charge in [-0.1, -0.05) is 10.3 Å². The van der Waals surface area contributed by atoms with Gasteiger partial charge in [0.2, 0.25) is 12.3 Å². The van der Waals surface area contributed by atoms with Crippen LogP contribution in [0.4, 0.5) is 0 Å². The summed E-state index contributed by atoms with van der Waals surface area (Å²) < 4.78 is 4.55. The molecule has 0 aliphatic carbocycles. The number of aromatic nitrogens is 2. The molecule has 0 unspecified atom stereocenters. The summed E-state index contributed by atoms with van der Waals surface area (Å²) in [7, 11) is 0. The molecule has 8 heteroatoms. The monoisotopic (exact) mass is 241 g/mol. The van der Waals surface area contributed by atoms with Crippen molar-refractivity contribution in [1.29, 1.82) is 0 Å². The third-order valence-electron chi connectivity index (χ3n) is 2.36. The van der Waals surface area contributed by atoms with Crippen LogP contribution in [-0.4, -0.2) is 33.6 Å². The van der Waals surface area contributed by atoms with Crippen molar-refractivity contribution in [1.82, 2.24) is 15.5 Å². The van der Waals surface area contributed by atoms with E-state index in [4.69, 9.17) is 10.9 Å². The molecule has 8 nitrogen and oxygen atoms in total. The van der Waals surface area contributed by atoms with Crippen molar-refractivity contribution in [3.8, 4) is 0 Å². The average molecular weight is 241 g/mol. The van der Waals surface area contributed by atoms with Crippen LogP contribution in [0.25, 0.3) is 0 Å². The molecule has 1 heterocycles. The zero-order chi connectivity index (χ0) is 12.9. The molecular formula is C9H15N5O3. The molecule has 1 aromatic rings. The van der Waals surface area contributed by atoms with Crippen molar-refractivity contribution < 1.29 is 14.5 Å². The third-order valence-corrected chi connectivity index (χ3v) is 2.36. The van der Waals surface area contributed by atoms with Gasteiger partial charge in [-0.3, -0.25) is 4.79 Å². The molecular weight excluding hydrogens is 226 g/mol. The van der Waals surface area contributed by atoms with Crippen LogP contribution < -0.4 is 11.1 Å². The standard InChI is InChI=1S/C9H15N5O3/c1-9(2,7(10)13-16)8(15)11-4-3-6-12-5-17-14-6/h5,16H,3-4H2,1-2H3,(H2,10,13)(H,11,15). The van der Waals surface area contributed by atoms with Gasteiger partial charge in [-0.15, -0.1) is 0 Å². The number of nitrogens with zero attached hydrogens (tertiary/aromatic N) is 3. The molecule has 0 bridgehead atoms. The molecule has 0 aromatic carbocycles. The smallest absolute Gasteiger partial charge is 0.233 e. The number of carbonyl (C=O) groups is 1. The van der Waals surface area contributed by atoms with Crippen molar-refractivity contribution in [3.05, 3.63) is 12.2 Å². The summed E-state index contributed by atoms with van der Waals surface area (Å²) in [4.78, 5) is 15.6. The number of amides is 1. The second-order valence-electron chi connectivity index (χ2n) is 3.96. The number of rotatable bonds is 5. The Kier molecular flexibility index (Phi) is 4.02. The highest BCUT2D eigenvalue weighted by molar-refractivity contribution is 6.05. The van der Waals surface area contributed by atoms with Crippen LogP contribution >= 0.6 is 0 Å². The van der Waals surface area contributed by atoms with E-state index in [1.54, 1.807) is 13.8 Å². The van der Waals surface area contributed by atoms with Gasteiger partial charge in [-0.25, -0.2) is 0 Å². The normalized spacial score (nSPS) is 12.5. The minimum absolute atomic E-state index is 0.144. The van der Waals surface area contributed by atoms with E-state index in [1.807, 2.05) is 0 Å². The zero-order valence-corrected chi connectivity index (χ0v) is 9.67. The van der Waals surface area contributed by atoms with Crippen LogP contribution in [-0.2, 0) is 11.2 Å². The summed E-state index contributed by atoms with van der Waals surface area (Å²) >= 11 is 0. The average Bonchev–Trinajstić information content (AvgIpc) is 2.80. The first-order valence-corrected chi connectivity index (χ1v) is 5.00. The summed E-state index contributed by atoms with van der Waals surface area (Å²) in [5.74, 6) is 0.0257. The highest BCUT2D eigenvalue weighted by Gasteiger charge is 2.32. The summed E-state index contributed by atoms with van der Waals surface area (Å²) in [5, 5.41) is 17.6. The second-order valence-corrected chi connectivity index (χ2v) is 3.96. The van der Waals surface area contributed by atoms with Crippen LogP contribution in [0.1, 0.15) is 19.7 Å². The second kappa shape index (κ2) is 5.28. The Morgan fingerprint density at radius 1 is 1.71 bits per heavy atom. The van der Waals surface area contributed by atoms with Crippen LogP contribution in [0.3, 0.4) is 0 Å². The highest BCUT2D eigenvalue weighted by atomic mass is 16.5. The van der Waals surface area contributed by atoms with E-state index in [9.17, 15) is 4.79 Å². The van der Waals surface area contributed by atoms with Gasteiger partial charge in [0.1, 0.15) is 5.41 Å². The predicted molar refractivity (Wildman–Crippen MR) is 58.2 cm³/mol. The summed E-state index contributed by atoms with van der Waals surface area (Å²) in [6.45, 7) is 3.47. The Labute approximate surface area is 97.9 Å². The van der Waals surface area contributed by atoms with E-state index >= 15 is 0 Å². The topological polar surface area (TPSA) is 127 Å². The molecule has 0 spiro atoms. The Bertz CT molecular complexity index is 399. The van der Waals surface area contributed by atoms with Gasteiger partial charge in [0.05, 0.1) is 0 Å². The van der Waals surface area contributed by atoms with E-state index in [0.29, 0.717) is 18.8 Å². The molecule has 1 amide bonds. The molecule has 0 saturated heterocycles. The Hall–Kier alpha value is -2.12. The minimum Gasteiger partial charge on any atom is -0.409 e. The molecule has 0 aliphatic rings. The molecule has 0 saturated carbocycles. The molecule has 0 atom stereocenters. The Morgan fingerprint density at radius 3 is 2.94 bits per heavy atom. The van der Waals surface area contributed by atoms with Gasteiger partial charge < -0.3 is 20.8 Å². The summed E-state index contributed by atoms with van der Waals surface area (Å²) in [5.41, 5.74) is 4.35. The number of hydrogen-bond donors (Lipinski definition) is 3. The Morgan fingerprint density at radius 2 is 2.41 bits per heavy atom. The minimum atomic E-state index is -1.06. The molecule has 0 aliphatic heterocycles. The highest BCUT2D eigenvalue weighted by Crippen LogP contribution is 2.14. The summed E-state index contributed by atoms with van der Waals surface area (Å²) in [6, 6.07) is 0. The van der Waals surface area contributed by atoms with Gasteiger partial charge in [0.15, 0.2) is 11.7 Å². The molecule has 0 radical (unpaired) electrons. The zero-order valence-electron chi connectivity index (χ0n) is 9.67. The van der Waals surface area contributed by atoms with E-state index in [1.165, 1.54) is 6.39 Å². The molecule has 4 N–H and O–H groups in total. The van der Waals surface area contributed by atoms with E-state index in [2.05, 4.69) is 25.1 Å². The molecule has 1 rings (SSSR count). The van der Waals surface area contributed by atoms with Crippen LogP contribution in [0.5, 0.6) is 0 Å². The van der Waals surface area contributed by atoms with Gasteiger partial charge >= 0.3 is 0 Å². The number of hydrogen-bond acceptors (Lipinski definition) is 6. The first kappa shape index (κ1) is 12.9. The molecule has 94 valence electrons. The van der Waals surface area contributed by atoms with E-state index < -0.39 is 5.41 Å². The van der Waals surface area contributed by atoms with Crippen molar-refractivity contribution in [3.63, 3.8) is 0 Å². The van der Waals surface area contributed by atoms with Gasteiger partial charge in [0.25, 0.3) is 0 Å². The quantitative estimate of drug-likeness (QED) is 0.276. The summed E-state index contributed by atoms with van der Waals surface area (Å²) in [6.07, 6.45) is 1.67. The molecule has 1 aromatic heterocycles. The van der Waals surface area contributed by atoms with Crippen LogP contribution in [0, 0.1) is 5.41 Å². The Balaban J connectivity index is 2.44. The number of nitrogens with one attached hydrogen (secondary N) is 1. The number of carbonyl (C=O) groups excluding carboxylic acids is 1. The molecule has 17 heavy (non-hydrogen) atoms. The first-order valence-electron chi connectivity index (χ1n) is 5.00. The van der Waals surface area contributed by atoms with Crippen molar-refractivity contribution in [2.24, 2.45) is 16.3 Å². The maximum absolute atomic E-state index is 11.7. The fraction of sp³-hybridized carbons (Fsp3) is 0.556. The van der Waals surface area contributed by atoms with Gasteiger partial charge in [-0.05, 0) is 13.8 Å². The fourth-order valence-electron chi connectivity index (χ4n) is 1.05. The maximum atomic E-state index is 11.7. The lowest BCUT2D eigenvalue weighted by Crippen LogP contribution is -2.46. The van der Waals surface area contributed by atoms with Crippen molar-refractivity contribution in [2.45, 2.75) is 20.3 Å². The lowest BCUT2D eigenvalue weighted by atomic mass is 9.91. The number of nitrogens with two attached hydrogens (primary N) is 1. The van der Waals surface area contributed by atoms with Crippen LogP contribution in [0.2, 0.25) is 0 Å².